The molecule has 1 nitrogen and oxygen atoms in total. The topological polar surface area (TPSA) is 20.2 Å². The monoisotopic (exact) mass is 289 g/mol. The summed E-state index contributed by atoms with van der Waals surface area (Å²) in [5.74, 6) is 0. The summed E-state index contributed by atoms with van der Waals surface area (Å²) >= 11 is 0. The average molecular weight is 290 g/mol. The summed E-state index contributed by atoms with van der Waals surface area (Å²) in [5.41, 5.74) is 0.965. The molecule has 0 atom stereocenters. The van der Waals surface area contributed by atoms with E-state index in [9.17, 15) is 0 Å². The Bertz CT molecular complexity index is 300. The van der Waals surface area contributed by atoms with Crippen LogP contribution in [0.15, 0.2) is 60.7 Å². The van der Waals surface area contributed by atoms with E-state index in [2.05, 4.69) is 6.07 Å². The SMILES string of the molecule is Br.OCc1ccccc1.[Mg+2].[c-]1ccccc1. The number of halogens is 1. The summed E-state index contributed by atoms with van der Waals surface area (Å²) in [4.78, 5) is 0. The molecule has 2 aromatic carbocycles. The Balaban J connectivity index is 0. The fourth-order valence-electron chi connectivity index (χ4n) is 0.925. The minimum absolute atomic E-state index is 0. The molecule has 2 rings (SSSR count). The van der Waals surface area contributed by atoms with Crippen LogP contribution in [-0.4, -0.2) is 28.2 Å². The Morgan fingerprint density at radius 1 is 0.875 bits per heavy atom. The molecule has 0 spiro atoms. The van der Waals surface area contributed by atoms with Gasteiger partial charge in [0.2, 0.25) is 0 Å². The minimum atomic E-state index is 0. The molecular weight excluding hydrogens is 276 g/mol. The van der Waals surface area contributed by atoms with Gasteiger partial charge in [-0.3, -0.25) is 0 Å². The molecule has 3 heteroatoms. The van der Waals surface area contributed by atoms with Crippen molar-refractivity contribution in [2.24, 2.45) is 0 Å². The van der Waals surface area contributed by atoms with Crippen LogP contribution < -0.4 is 0 Å². The molecule has 0 bridgehead atoms. The molecule has 0 aliphatic carbocycles. The molecule has 0 fully saturated rings. The van der Waals surface area contributed by atoms with Crippen molar-refractivity contribution < 1.29 is 5.11 Å². The second kappa shape index (κ2) is 12.7. The third kappa shape index (κ3) is 8.91. The summed E-state index contributed by atoms with van der Waals surface area (Å²) < 4.78 is 0. The molecule has 2 aromatic rings. The first-order valence-electron chi connectivity index (χ1n) is 4.49. The van der Waals surface area contributed by atoms with Gasteiger partial charge < -0.3 is 5.11 Å². The number of aliphatic hydroxyl groups is 1. The number of benzene rings is 2. The van der Waals surface area contributed by atoms with E-state index in [1.807, 2.05) is 60.7 Å². The third-order valence-corrected chi connectivity index (χ3v) is 1.63. The Labute approximate surface area is 123 Å². The van der Waals surface area contributed by atoms with Gasteiger partial charge in [0.1, 0.15) is 0 Å². The number of rotatable bonds is 1. The zero-order valence-electron chi connectivity index (χ0n) is 9.04. The molecule has 0 saturated carbocycles. The summed E-state index contributed by atoms with van der Waals surface area (Å²) in [5, 5.41) is 8.54. The van der Waals surface area contributed by atoms with Crippen LogP contribution >= 0.6 is 17.0 Å². The van der Waals surface area contributed by atoms with Crippen molar-refractivity contribution in [2.45, 2.75) is 6.61 Å². The standard InChI is InChI=1S/C7H8O.C6H5.BrH.Mg/c8-6-7-4-2-1-3-5-7;1-2-4-6-5-3-1;;/h1-5,8H,6H2;1-5H;1H;/q;-1;;+2. The van der Waals surface area contributed by atoms with Gasteiger partial charge in [0.15, 0.2) is 0 Å². The molecule has 0 radical (unpaired) electrons. The fourth-order valence-corrected chi connectivity index (χ4v) is 0.925. The van der Waals surface area contributed by atoms with Gasteiger partial charge >= 0.3 is 23.1 Å². The van der Waals surface area contributed by atoms with Crippen molar-refractivity contribution in [3.63, 3.8) is 0 Å². The van der Waals surface area contributed by atoms with Gasteiger partial charge in [-0.1, -0.05) is 30.3 Å². The predicted octanol–water partition coefficient (Wildman–Crippen LogP) is 2.86. The molecule has 0 saturated heterocycles. The maximum Gasteiger partial charge on any atom is 2.00 e. The van der Waals surface area contributed by atoms with E-state index < -0.39 is 0 Å². The maximum atomic E-state index is 8.54. The van der Waals surface area contributed by atoms with Crippen LogP contribution in [-0.2, 0) is 6.61 Å². The van der Waals surface area contributed by atoms with Crippen molar-refractivity contribution >= 4 is 40.0 Å². The number of hydrogen-bond donors (Lipinski definition) is 1. The van der Waals surface area contributed by atoms with Crippen LogP contribution in [0.25, 0.3) is 0 Å². The van der Waals surface area contributed by atoms with Crippen LogP contribution in [0.1, 0.15) is 5.56 Å². The molecule has 0 aromatic heterocycles. The summed E-state index contributed by atoms with van der Waals surface area (Å²) in [7, 11) is 0. The molecular formula is C13H14BrMgO+. The molecule has 0 amide bonds. The van der Waals surface area contributed by atoms with Crippen LogP contribution in [0.2, 0.25) is 0 Å². The van der Waals surface area contributed by atoms with E-state index in [0.29, 0.717) is 0 Å². The van der Waals surface area contributed by atoms with Gasteiger partial charge in [-0.2, -0.15) is 36.4 Å². The number of hydrogen-bond acceptors (Lipinski definition) is 1. The number of aliphatic hydroxyl groups excluding tert-OH is 1. The second-order valence-corrected chi connectivity index (χ2v) is 2.72. The first-order valence-corrected chi connectivity index (χ1v) is 4.49. The molecule has 16 heavy (non-hydrogen) atoms. The van der Waals surface area contributed by atoms with Crippen LogP contribution in [0.3, 0.4) is 0 Å². The Hall–Kier alpha value is -0.354. The van der Waals surface area contributed by atoms with E-state index in [4.69, 9.17) is 5.11 Å². The van der Waals surface area contributed by atoms with Crippen molar-refractivity contribution in [3.05, 3.63) is 72.3 Å². The van der Waals surface area contributed by atoms with Gasteiger partial charge in [0.25, 0.3) is 0 Å². The smallest absolute Gasteiger partial charge is 0.392 e. The first-order chi connectivity index (χ1) is 6.93. The quantitative estimate of drug-likeness (QED) is 0.632. The maximum absolute atomic E-state index is 8.54. The average Bonchev–Trinajstić information content (AvgIpc) is 2.33. The first kappa shape index (κ1) is 18.0. The molecule has 0 aliphatic rings. The normalized spacial score (nSPS) is 7.56. The van der Waals surface area contributed by atoms with Crippen molar-refractivity contribution in [1.29, 1.82) is 0 Å². The molecule has 0 aliphatic heterocycles. The van der Waals surface area contributed by atoms with E-state index >= 15 is 0 Å². The van der Waals surface area contributed by atoms with Crippen LogP contribution in [0, 0.1) is 6.07 Å². The van der Waals surface area contributed by atoms with Crippen molar-refractivity contribution in [3.8, 4) is 0 Å². The van der Waals surface area contributed by atoms with Crippen LogP contribution in [0.4, 0.5) is 0 Å². The van der Waals surface area contributed by atoms with E-state index in [1.54, 1.807) is 0 Å². The van der Waals surface area contributed by atoms with Gasteiger partial charge in [0.05, 0.1) is 6.61 Å². The van der Waals surface area contributed by atoms with Crippen molar-refractivity contribution in [2.75, 3.05) is 0 Å². The Morgan fingerprint density at radius 3 is 1.62 bits per heavy atom. The third-order valence-electron chi connectivity index (χ3n) is 1.63. The van der Waals surface area contributed by atoms with Crippen molar-refractivity contribution in [1.82, 2.24) is 0 Å². The second-order valence-electron chi connectivity index (χ2n) is 2.72. The van der Waals surface area contributed by atoms with Crippen LogP contribution in [0.5, 0.6) is 0 Å². The molecule has 0 heterocycles. The minimum Gasteiger partial charge on any atom is -0.392 e. The zero-order chi connectivity index (χ0) is 10.1. The zero-order valence-corrected chi connectivity index (χ0v) is 12.2. The Kier molecular flexibility index (Phi) is 14.3. The largest absolute Gasteiger partial charge is 2.00 e. The fraction of sp³-hybridized carbons (Fsp3) is 0.0769. The Morgan fingerprint density at radius 2 is 1.38 bits per heavy atom. The predicted molar refractivity (Wildman–Crippen MR) is 73.7 cm³/mol. The van der Waals surface area contributed by atoms with Gasteiger partial charge in [-0.15, -0.1) is 17.0 Å². The summed E-state index contributed by atoms with van der Waals surface area (Å²) in [6, 6.07) is 22.0. The van der Waals surface area contributed by atoms with E-state index in [0.717, 1.165) is 5.56 Å². The van der Waals surface area contributed by atoms with Gasteiger partial charge in [-0.05, 0) is 5.56 Å². The summed E-state index contributed by atoms with van der Waals surface area (Å²) in [6.07, 6.45) is 0. The van der Waals surface area contributed by atoms with E-state index in [-0.39, 0.29) is 46.6 Å². The summed E-state index contributed by atoms with van der Waals surface area (Å²) in [6.45, 7) is 0.140. The van der Waals surface area contributed by atoms with Gasteiger partial charge in [0, 0.05) is 0 Å². The molecule has 80 valence electrons. The molecule has 1 N–H and O–H groups in total. The van der Waals surface area contributed by atoms with Gasteiger partial charge in [-0.25, -0.2) is 0 Å². The van der Waals surface area contributed by atoms with E-state index in [1.165, 1.54) is 0 Å². The molecule has 0 unspecified atom stereocenters.